The molecule has 1 N–H and O–H groups in total. The highest BCUT2D eigenvalue weighted by atomic mass is 16.4. The fraction of sp³-hybridized carbons (Fsp3) is 0.300. The number of aromatic carboxylic acids is 1. The van der Waals surface area contributed by atoms with E-state index in [0.717, 1.165) is 5.69 Å². The summed E-state index contributed by atoms with van der Waals surface area (Å²) in [5, 5.41) is 12.8. The summed E-state index contributed by atoms with van der Waals surface area (Å²) < 4.78 is 1.58. The number of carboxylic acids is 1. The van der Waals surface area contributed by atoms with Gasteiger partial charge in [0.2, 0.25) is 0 Å². The molecule has 0 spiro atoms. The van der Waals surface area contributed by atoms with Gasteiger partial charge >= 0.3 is 5.97 Å². The van der Waals surface area contributed by atoms with Gasteiger partial charge in [0, 0.05) is 0 Å². The van der Waals surface area contributed by atoms with Gasteiger partial charge in [-0.3, -0.25) is 0 Å². The smallest absolute Gasteiger partial charge is 0.356 e. The maximum atomic E-state index is 10.8. The van der Waals surface area contributed by atoms with Crippen molar-refractivity contribution >= 4 is 11.6 Å². The minimum absolute atomic E-state index is 0.0300. The third-order valence-electron chi connectivity index (χ3n) is 2.20. The number of imidazole rings is 1. The molecule has 0 aliphatic carbocycles. The second-order valence-corrected chi connectivity index (χ2v) is 3.63. The lowest BCUT2D eigenvalue weighted by molar-refractivity contribution is 0.0689. The molecule has 2 aromatic rings. The number of rotatable bonds is 2. The third kappa shape index (κ3) is 1.56. The van der Waals surface area contributed by atoms with Crippen molar-refractivity contribution in [2.75, 3.05) is 0 Å². The van der Waals surface area contributed by atoms with Gasteiger partial charge in [0.25, 0.3) is 0 Å². The second kappa shape index (κ2) is 3.34. The van der Waals surface area contributed by atoms with Crippen molar-refractivity contribution in [1.82, 2.24) is 14.6 Å². The first-order valence-electron chi connectivity index (χ1n) is 4.67. The van der Waals surface area contributed by atoms with E-state index in [-0.39, 0.29) is 11.6 Å². The summed E-state index contributed by atoms with van der Waals surface area (Å²) >= 11 is 0. The fourth-order valence-electron chi connectivity index (χ4n) is 1.40. The monoisotopic (exact) mass is 205 g/mol. The molecule has 5 nitrogen and oxygen atoms in total. The maximum Gasteiger partial charge on any atom is 0.356 e. The Hall–Kier alpha value is -1.91. The standard InChI is InChI=1S/C10H11N3O2/c1-6(2)8-5-11-9-4-3-7(10(14)15)12-13(8)9/h3-6H,1-2H3,(H,14,15). The number of carboxylic acid groups (broad SMARTS) is 1. The Morgan fingerprint density at radius 1 is 1.47 bits per heavy atom. The largest absolute Gasteiger partial charge is 0.476 e. The molecule has 78 valence electrons. The van der Waals surface area contributed by atoms with Crippen LogP contribution < -0.4 is 0 Å². The summed E-state index contributed by atoms with van der Waals surface area (Å²) in [4.78, 5) is 14.9. The Labute approximate surface area is 86.4 Å². The minimum atomic E-state index is -1.03. The van der Waals surface area contributed by atoms with Crippen LogP contribution in [0, 0.1) is 0 Å². The predicted octanol–water partition coefficient (Wildman–Crippen LogP) is 1.55. The minimum Gasteiger partial charge on any atom is -0.476 e. The lowest BCUT2D eigenvalue weighted by Gasteiger charge is -2.03. The molecule has 5 heteroatoms. The maximum absolute atomic E-state index is 10.8. The van der Waals surface area contributed by atoms with Gasteiger partial charge in [-0.05, 0) is 18.1 Å². The van der Waals surface area contributed by atoms with Gasteiger partial charge in [-0.25, -0.2) is 14.3 Å². The van der Waals surface area contributed by atoms with Crippen LogP contribution in [0.5, 0.6) is 0 Å². The molecule has 0 bridgehead atoms. The summed E-state index contributed by atoms with van der Waals surface area (Å²) in [5.74, 6) is -0.767. The third-order valence-corrected chi connectivity index (χ3v) is 2.20. The lowest BCUT2D eigenvalue weighted by Crippen LogP contribution is -2.06. The van der Waals surface area contributed by atoms with Crippen molar-refractivity contribution in [3.63, 3.8) is 0 Å². The summed E-state index contributed by atoms with van der Waals surface area (Å²) in [6, 6.07) is 3.11. The molecule has 0 fully saturated rings. The van der Waals surface area contributed by atoms with E-state index in [9.17, 15) is 4.79 Å². The molecule has 2 aromatic heterocycles. The number of aromatic nitrogens is 3. The van der Waals surface area contributed by atoms with Crippen molar-refractivity contribution in [3.05, 3.63) is 29.7 Å². The zero-order valence-corrected chi connectivity index (χ0v) is 8.51. The number of hydrogen-bond donors (Lipinski definition) is 1. The zero-order chi connectivity index (χ0) is 11.0. The summed E-state index contributed by atoms with van der Waals surface area (Å²) in [6.45, 7) is 4.02. The molecule has 2 rings (SSSR count). The Balaban J connectivity index is 2.66. The summed E-state index contributed by atoms with van der Waals surface area (Å²) in [5.41, 5.74) is 1.61. The van der Waals surface area contributed by atoms with E-state index >= 15 is 0 Å². The molecule has 0 aromatic carbocycles. The van der Waals surface area contributed by atoms with E-state index in [1.54, 1.807) is 16.8 Å². The van der Waals surface area contributed by atoms with Crippen LogP contribution in [0.4, 0.5) is 0 Å². The zero-order valence-electron chi connectivity index (χ0n) is 8.51. The Morgan fingerprint density at radius 2 is 2.20 bits per heavy atom. The average molecular weight is 205 g/mol. The van der Waals surface area contributed by atoms with Crippen molar-refractivity contribution in [2.45, 2.75) is 19.8 Å². The SMILES string of the molecule is CC(C)c1cnc2ccc(C(=O)O)nn12. The molecule has 0 atom stereocenters. The first-order valence-corrected chi connectivity index (χ1v) is 4.67. The molecule has 15 heavy (non-hydrogen) atoms. The van der Waals surface area contributed by atoms with Crippen LogP contribution in [-0.2, 0) is 0 Å². The van der Waals surface area contributed by atoms with Crippen molar-refractivity contribution < 1.29 is 9.90 Å². The fourth-order valence-corrected chi connectivity index (χ4v) is 1.40. The molecular formula is C10H11N3O2. The first-order chi connectivity index (χ1) is 7.09. The highest BCUT2D eigenvalue weighted by Crippen LogP contribution is 2.15. The molecule has 0 radical (unpaired) electrons. The van der Waals surface area contributed by atoms with E-state index in [4.69, 9.17) is 5.11 Å². The van der Waals surface area contributed by atoms with Gasteiger partial charge in [0.05, 0.1) is 11.9 Å². The van der Waals surface area contributed by atoms with Crippen molar-refractivity contribution in [1.29, 1.82) is 0 Å². The van der Waals surface area contributed by atoms with Gasteiger partial charge < -0.3 is 5.11 Å². The Bertz CT molecular complexity index is 516. The van der Waals surface area contributed by atoms with Gasteiger partial charge in [-0.2, -0.15) is 5.10 Å². The van der Waals surface area contributed by atoms with Gasteiger partial charge in [-0.1, -0.05) is 13.8 Å². The van der Waals surface area contributed by atoms with Crippen LogP contribution >= 0.6 is 0 Å². The molecular weight excluding hydrogens is 194 g/mol. The highest BCUT2D eigenvalue weighted by Gasteiger charge is 2.11. The van der Waals surface area contributed by atoms with E-state index in [1.165, 1.54) is 6.07 Å². The predicted molar refractivity (Wildman–Crippen MR) is 54.0 cm³/mol. The van der Waals surface area contributed by atoms with E-state index in [1.807, 2.05) is 13.8 Å². The van der Waals surface area contributed by atoms with Gasteiger partial charge in [0.1, 0.15) is 0 Å². The lowest BCUT2D eigenvalue weighted by atomic mass is 10.2. The molecule has 0 saturated heterocycles. The number of hydrogen-bond acceptors (Lipinski definition) is 3. The summed E-state index contributed by atoms with van der Waals surface area (Å²) in [7, 11) is 0. The van der Waals surface area contributed by atoms with E-state index in [2.05, 4.69) is 10.1 Å². The quantitative estimate of drug-likeness (QED) is 0.807. The molecule has 0 aliphatic rings. The van der Waals surface area contributed by atoms with Gasteiger partial charge in [-0.15, -0.1) is 0 Å². The molecule has 0 unspecified atom stereocenters. The highest BCUT2D eigenvalue weighted by molar-refractivity contribution is 5.85. The summed E-state index contributed by atoms with van der Waals surface area (Å²) in [6.07, 6.45) is 1.72. The van der Waals surface area contributed by atoms with Crippen LogP contribution in [0.1, 0.15) is 35.9 Å². The Kier molecular flexibility index (Phi) is 2.15. The average Bonchev–Trinajstić information content (AvgIpc) is 2.59. The van der Waals surface area contributed by atoms with Gasteiger partial charge in [0.15, 0.2) is 11.3 Å². The molecule has 2 heterocycles. The number of carbonyl (C=O) groups is 1. The van der Waals surface area contributed by atoms with Crippen LogP contribution in [0.25, 0.3) is 5.65 Å². The number of nitrogens with zero attached hydrogens (tertiary/aromatic N) is 3. The normalized spacial score (nSPS) is 11.1. The van der Waals surface area contributed by atoms with Crippen LogP contribution in [0.3, 0.4) is 0 Å². The first kappa shape index (κ1) is 9.64. The van der Waals surface area contributed by atoms with Crippen molar-refractivity contribution in [3.8, 4) is 0 Å². The van der Waals surface area contributed by atoms with E-state index < -0.39 is 5.97 Å². The molecule has 0 aliphatic heterocycles. The topological polar surface area (TPSA) is 67.5 Å². The van der Waals surface area contributed by atoms with Crippen LogP contribution in [-0.4, -0.2) is 25.7 Å². The van der Waals surface area contributed by atoms with E-state index in [0.29, 0.717) is 5.65 Å². The van der Waals surface area contributed by atoms with Crippen LogP contribution in [0.15, 0.2) is 18.3 Å². The van der Waals surface area contributed by atoms with Crippen molar-refractivity contribution in [2.24, 2.45) is 0 Å². The molecule has 0 saturated carbocycles. The number of fused-ring (bicyclic) bond motifs is 1. The molecule has 0 amide bonds. The van der Waals surface area contributed by atoms with Crippen LogP contribution in [0.2, 0.25) is 0 Å². The Morgan fingerprint density at radius 3 is 2.80 bits per heavy atom. The second-order valence-electron chi connectivity index (χ2n) is 3.63.